The van der Waals surface area contributed by atoms with Crippen LogP contribution in [0.4, 0.5) is 5.95 Å². The van der Waals surface area contributed by atoms with Gasteiger partial charge in [-0.05, 0) is 32.6 Å². The van der Waals surface area contributed by atoms with Gasteiger partial charge in [-0.15, -0.1) is 0 Å². The molecule has 0 spiro atoms. The molecule has 0 aromatic carbocycles. The van der Waals surface area contributed by atoms with E-state index >= 15 is 0 Å². The molecule has 3 N–H and O–H groups in total. The molecule has 20 heavy (non-hydrogen) atoms. The van der Waals surface area contributed by atoms with Crippen molar-refractivity contribution in [2.75, 3.05) is 18.5 Å². The number of nitrogens with one attached hydrogen (secondary N) is 1. The van der Waals surface area contributed by atoms with Gasteiger partial charge in [0.2, 0.25) is 11.8 Å². The predicted molar refractivity (Wildman–Crippen MR) is 81.0 cm³/mol. The van der Waals surface area contributed by atoms with Crippen LogP contribution in [0.2, 0.25) is 0 Å². The van der Waals surface area contributed by atoms with E-state index in [4.69, 9.17) is 10.5 Å². The fourth-order valence-electron chi connectivity index (χ4n) is 2.90. The van der Waals surface area contributed by atoms with Crippen LogP contribution in [0, 0.1) is 12.8 Å². The number of ether oxygens (including phenoxy) is 1. The maximum absolute atomic E-state index is 5.94. The van der Waals surface area contributed by atoms with Crippen LogP contribution in [0.25, 0.3) is 0 Å². The van der Waals surface area contributed by atoms with Gasteiger partial charge in [0.05, 0.1) is 6.61 Å². The van der Waals surface area contributed by atoms with E-state index in [-0.39, 0.29) is 6.04 Å². The quantitative estimate of drug-likeness (QED) is 0.836. The molecule has 1 atom stereocenters. The van der Waals surface area contributed by atoms with Crippen molar-refractivity contribution in [3.05, 3.63) is 11.8 Å². The molecule has 1 saturated carbocycles. The van der Waals surface area contributed by atoms with Crippen LogP contribution in [0.1, 0.15) is 44.7 Å². The van der Waals surface area contributed by atoms with E-state index in [9.17, 15) is 0 Å². The van der Waals surface area contributed by atoms with Crippen molar-refractivity contribution in [1.82, 2.24) is 9.97 Å². The lowest BCUT2D eigenvalue weighted by Crippen LogP contribution is -2.38. The highest BCUT2D eigenvalue weighted by Crippen LogP contribution is 2.27. The summed E-state index contributed by atoms with van der Waals surface area (Å²) in [5.41, 5.74) is 6.84. The fraction of sp³-hybridized carbons (Fsp3) is 0.733. The van der Waals surface area contributed by atoms with E-state index in [1.54, 1.807) is 0 Å². The highest BCUT2D eigenvalue weighted by atomic mass is 16.5. The van der Waals surface area contributed by atoms with E-state index in [0.717, 1.165) is 5.69 Å². The summed E-state index contributed by atoms with van der Waals surface area (Å²) in [6.45, 7) is 5.13. The molecule has 1 aromatic heterocycles. The van der Waals surface area contributed by atoms with E-state index in [1.165, 1.54) is 32.1 Å². The van der Waals surface area contributed by atoms with Gasteiger partial charge in [-0.2, -0.15) is 4.98 Å². The fourth-order valence-corrected chi connectivity index (χ4v) is 2.90. The lowest BCUT2D eigenvalue weighted by molar-refractivity contribution is 0.316. The third kappa shape index (κ3) is 4.07. The summed E-state index contributed by atoms with van der Waals surface area (Å²) in [5, 5.41) is 3.41. The lowest BCUT2D eigenvalue weighted by Gasteiger charge is -2.30. The van der Waals surface area contributed by atoms with Gasteiger partial charge < -0.3 is 15.8 Å². The minimum atomic E-state index is 0.256. The molecule has 112 valence electrons. The molecule has 1 aliphatic rings. The van der Waals surface area contributed by atoms with Crippen LogP contribution in [-0.2, 0) is 0 Å². The monoisotopic (exact) mass is 278 g/mol. The molecule has 1 heterocycles. The highest BCUT2D eigenvalue weighted by molar-refractivity contribution is 5.32. The van der Waals surface area contributed by atoms with Crippen molar-refractivity contribution in [1.29, 1.82) is 0 Å². The summed E-state index contributed by atoms with van der Waals surface area (Å²) in [6.07, 6.45) is 6.46. The third-order valence-corrected chi connectivity index (χ3v) is 3.91. The lowest BCUT2D eigenvalue weighted by atomic mass is 9.84. The van der Waals surface area contributed by atoms with Crippen molar-refractivity contribution < 1.29 is 4.74 Å². The second-order valence-corrected chi connectivity index (χ2v) is 5.49. The third-order valence-electron chi connectivity index (χ3n) is 3.91. The summed E-state index contributed by atoms with van der Waals surface area (Å²) < 4.78 is 5.47. The van der Waals surface area contributed by atoms with Gasteiger partial charge in [0.15, 0.2) is 0 Å². The largest absolute Gasteiger partial charge is 0.478 e. The van der Waals surface area contributed by atoms with Crippen molar-refractivity contribution in [2.45, 2.75) is 52.0 Å². The topological polar surface area (TPSA) is 73.1 Å². The second-order valence-electron chi connectivity index (χ2n) is 5.49. The summed E-state index contributed by atoms with van der Waals surface area (Å²) in [4.78, 5) is 8.85. The zero-order valence-electron chi connectivity index (χ0n) is 12.6. The summed E-state index contributed by atoms with van der Waals surface area (Å²) in [6, 6.07) is 2.11. The van der Waals surface area contributed by atoms with Gasteiger partial charge in [0.1, 0.15) is 0 Å². The zero-order chi connectivity index (χ0) is 14.4. The molecule has 1 fully saturated rings. The zero-order valence-corrected chi connectivity index (χ0v) is 12.6. The number of hydrogen-bond donors (Lipinski definition) is 2. The summed E-state index contributed by atoms with van der Waals surface area (Å²) in [5.74, 6) is 1.89. The number of nitrogens with two attached hydrogens (primary N) is 1. The van der Waals surface area contributed by atoms with Gasteiger partial charge in [0.25, 0.3) is 0 Å². The standard InChI is InChI=1S/C15H26N4O/c1-3-20-14-9-11(2)17-15(19-14)18-13(10-16)12-7-5-4-6-8-12/h9,12-13H,3-8,10,16H2,1-2H3,(H,17,18,19). The maximum Gasteiger partial charge on any atom is 0.226 e. The summed E-state index contributed by atoms with van der Waals surface area (Å²) in [7, 11) is 0. The van der Waals surface area contributed by atoms with Gasteiger partial charge in [-0.3, -0.25) is 0 Å². The Morgan fingerprint density at radius 2 is 2.10 bits per heavy atom. The molecular formula is C15H26N4O. The first-order valence-corrected chi connectivity index (χ1v) is 7.68. The Bertz CT molecular complexity index is 418. The molecule has 1 unspecified atom stereocenters. The van der Waals surface area contributed by atoms with E-state index in [0.29, 0.717) is 30.9 Å². The molecule has 5 nitrogen and oxygen atoms in total. The molecule has 1 aromatic rings. The van der Waals surface area contributed by atoms with Crippen molar-refractivity contribution in [2.24, 2.45) is 11.7 Å². The molecule has 1 aliphatic carbocycles. The molecule has 5 heteroatoms. The minimum Gasteiger partial charge on any atom is -0.478 e. The molecular weight excluding hydrogens is 252 g/mol. The predicted octanol–water partition coefficient (Wildman–Crippen LogP) is 2.50. The number of aryl methyl sites for hydroxylation is 1. The van der Waals surface area contributed by atoms with Gasteiger partial charge in [-0.25, -0.2) is 4.98 Å². The molecule has 0 saturated heterocycles. The first-order chi connectivity index (χ1) is 9.72. The summed E-state index contributed by atoms with van der Waals surface area (Å²) >= 11 is 0. The van der Waals surface area contributed by atoms with Crippen molar-refractivity contribution in [3.63, 3.8) is 0 Å². The van der Waals surface area contributed by atoms with E-state index in [2.05, 4.69) is 15.3 Å². The number of aromatic nitrogens is 2. The van der Waals surface area contributed by atoms with Crippen molar-refractivity contribution >= 4 is 5.95 Å². The SMILES string of the molecule is CCOc1cc(C)nc(NC(CN)C2CCCCC2)n1. The smallest absolute Gasteiger partial charge is 0.226 e. The number of nitrogens with zero attached hydrogens (tertiary/aromatic N) is 2. The highest BCUT2D eigenvalue weighted by Gasteiger charge is 2.23. The molecule has 0 amide bonds. The Balaban J connectivity index is 2.06. The Hall–Kier alpha value is -1.36. The second kappa shape index (κ2) is 7.43. The van der Waals surface area contributed by atoms with Gasteiger partial charge in [-0.1, -0.05) is 19.3 Å². The normalized spacial score (nSPS) is 17.8. The van der Waals surface area contributed by atoms with Gasteiger partial charge >= 0.3 is 0 Å². The molecule has 0 aliphatic heterocycles. The number of anilines is 1. The van der Waals surface area contributed by atoms with Crippen LogP contribution in [0.3, 0.4) is 0 Å². The van der Waals surface area contributed by atoms with Gasteiger partial charge in [0, 0.05) is 24.3 Å². The Kier molecular flexibility index (Phi) is 5.59. The average Bonchev–Trinajstić information content (AvgIpc) is 2.45. The molecule has 0 radical (unpaired) electrons. The Morgan fingerprint density at radius 1 is 1.35 bits per heavy atom. The van der Waals surface area contributed by atoms with Crippen LogP contribution in [-0.4, -0.2) is 29.2 Å². The minimum absolute atomic E-state index is 0.256. The Labute approximate surface area is 121 Å². The first kappa shape index (κ1) is 15.0. The van der Waals surface area contributed by atoms with Crippen LogP contribution in [0.5, 0.6) is 5.88 Å². The van der Waals surface area contributed by atoms with Crippen molar-refractivity contribution in [3.8, 4) is 5.88 Å². The van der Waals surface area contributed by atoms with Crippen LogP contribution in [0.15, 0.2) is 6.07 Å². The number of rotatable bonds is 6. The molecule has 2 rings (SSSR count). The van der Waals surface area contributed by atoms with E-state index in [1.807, 2.05) is 19.9 Å². The molecule has 0 bridgehead atoms. The maximum atomic E-state index is 5.94. The van der Waals surface area contributed by atoms with E-state index < -0.39 is 0 Å². The Morgan fingerprint density at radius 3 is 2.75 bits per heavy atom. The van der Waals surface area contributed by atoms with Crippen LogP contribution < -0.4 is 15.8 Å². The van der Waals surface area contributed by atoms with Crippen LogP contribution >= 0.6 is 0 Å². The first-order valence-electron chi connectivity index (χ1n) is 7.68. The average molecular weight is 278 g/mol. The number of hydrogen-bond acceptors (Lipinski definition) is 5.